The van der Waals surface area contributed by atoms with Crippen molar-refractivity contribution in [1.82, 2.24) is 19.4 Å². The Balaban J connectivity index is 1.39. The van der Waals surface area contributed by atoms with Gasteiger partial charge in [-0.2, -0.15) is 0 Å². The van der Waals surface area contributed by atoms with Crippen LogP contribution in [0.1, 0.15) is 20.2 Å². The van der Waals surface area contributed by atoms with E-state index in [9.17, 15) is 0 Å². The molecule has 2 aromatic carbocycles. The Hall–Kier alpha value is -3.78. The summed E-state index contributed by atoms with van der Waals surface area (Å²) in [4.78, 5) is 11.4. The molecule has 182 valence electrons. The van der Waals surface area contributed by atoms with E-state index in [0.717, 1.165) is 36.0 Å². The number of hydrogen-bond donors (Lipinski definition) is 2. The van der Waals surface area contributed by atoms with Gasteiger partial charge in [-0.25, -0.2) is 9.97 Å². The molecule has 35 heavy (non-hydrogen) atoms. The van der Waals surface area contributed by atoms with Crippen LogP contribution in [0.5, 0.6) is 5.75 Å². The lowest BCUT2D eigenvalue weighted by atomic mass is 10.0. The molecule has 2 aromatic heterocycles. The lowest BCUT2D eigenvalue weighted by molar-refractivity contribution is 0.413. The van der Waals surface area contributed by atoms with Crippen molar-refractivity contribution >= 4 is 33.9 Å². The molecule has 3 heterocycles. The van der Waals surface area contributed by atoms with Crippen molar-refractivity contribution in [3.63, 3.8) is 0 Å². The molecule has 0 fully saturated rings. The molecule has 4 aromatic rings. The van der Waals surface area contributed by atoms with Crippen LogP contribution >= 0.6 is 0 Å². The number of methoxy groups -OCH3 is 1. The zero-order valence-corrected chi connectivity index (χ0v) is 19.9. The third-order valence-electron chi connectivity index (χ3n) is 6.42. The third kappa shape index (κ3) is 4.49. The van der Waals surface area contributed by atoms with Gasteiger partial charge in [-0.15, -0.1) is 0 Å². The minimum atomic E-state index is -2.76. The van der Waals surface area contributed by atoms with Crippen molar-refractivity contribution in [2.45, 2.75) is 19.4 Å². The topological polar surface area (TPSA) is 84.5 Å². The lowest BCUT2D eigenvalue weighted by Gasteiger charge is -2.24. The van der Waals surface area contributed by atoms with Gasteiger partial charge in [0.15, 0.2) is 0 Å². The Bertz CT molecular complexity index is 1550. The minimum absolute atomic E-state index is 0.109. The predicted molar refractivity (Wildman–Crippen MR) is 144 cm³/mol. The average Bonchev–Trinajstić information content (AvgIpc) is 3.28. The van der Waals surface area contributed by atoms with E-state index in [4.69, 9.17) is 23.7 Å². The number of anilines is 4. The van der Waals surface area contributed by atoms with Crippen LogP contribution in [0.25, 0.3) is 22.2 Å². The molecule has 3 N–H and O–H groups in total. The number of ether oxygens (including phenoxy) is 1. The molecule has 0 amide bonds. The Morgan fingerprint density at radius 2 is 2.11 bits per heavy atom. The monoisotopic (exact) mass is 477 g/mol. The first-order valence-corrected chi connectivity index (χ1v) is 11.5. The fourth-order valence-corrected chi connectivity index (χ4v) is 4.70. The van der Waals surface area contributed by atoms with E-state index in [1.54, 1.807) is 30.3 Å². The van der Waals surface area contributed by atoms with Crippen molar-refractivity contribution < 1.29 is 13.0 Å². The van der Waals surface area contributed by atoms with E-state index < -0.39 is 14.0 Å². The number of rotatable bonds is 8. The fraction of sp³-hybridized carbons (Fsp3) is 0.333. The second-order valence-electron chi connectivity index (χ2n) is 8.73. The van der Waals surface area contributed by atoms with E-state index >= 15 is 0 Å². The molecule has 1 aliphatic heterocycles. The molecule has 5 rings (SSSR count). The smallest absolute Gasteiger partial charge is 0.227 e. The highest BCUT2D eigenvalue weighted by Crippen LogP contribution is 2.37. The number of aromatic nitrogens is 3. The molecule has 0 unspecified atom stereocenters. The van der Waals surface area contributed by atoms with Gasteiger partial charge in [0, 0.05) is 64.3 Å². The van der Waals surface area contributed by atoms with E-state index in [-0.39, 0.29) is 13.1 Å². The maximum absolute atomic E-state index is 7.58. The molecular weight excluding hydrogens is 438 g/mol. The zero-order chi connectivity index (χ0) is 29.5. The van der Waals surface area contributed by atoms with Gasteiger partial charge >= 0.3 is 0 Å². The number of para-hydroxylation sites is 1. The van der Waals surface area contributed by atoms with Crippen LogP contribution in [0.15, 0.2) is 48.8 Å². The Kier molecular flexibility index (Phi) is 4.54. The summed E-state index contributed by atoms with van der Waals surface area (Å²) >= 11 is 0. The highest BCUT2D eigenvalue weighted by molar-refractivity contribution is 5.97. The Morgan fingerprint density at radius 3 is 2.94 bits per heavy atom. The quantitative estimate of drug-likeness (QED) is 0.364. The molecule has 0 atom stereocenters. The molecule has 0 spiro atoms. The molecule has 0 aliphatic carbocycles. The Labute approximate surface area is 214 Å². The molecule has 0 radical (unpaired) electrons. The molecule has 1 aliphatic rings. The van der Waals surface area contributed by atoms with Gasteiger partial charge in [-0.3, -0.25) is 0 Å². The summed E-state index contributed by atoms with van der Waals surface area (Å²) in [7, 11) is 3.23. The highest BCUT2D eigenvalue weighted by atomic mass is 16.5. The number of likely N-dealkylation sites (N-methyl/N-ethyl adjacent to an activating group) is 2. The van der Waals surface area contributed by atoms with Gasteiger partial charge in [-0.1, -0.05) is 18.2 Å². The van der Waals surface area contributed by atoms with E-state index in [0.29, 0.717) is 33.7 Å². The number of nitrogens with zero attached hydrogens (tertiary/aromatic N) is 5. The van der Waals surface area contributed by atoms with Crippen LogP contribution in [0.3, 0.4) is 0 Å². The van der Waals surface area contributed by atoms with Crippen molar-refractivity contribution in [1.29, 1.82) is 0 Å². The molecule has 8 nitrogen and oxygen atoms in total. The van der Waals surface area contributed by atoms with Crippen molar-refractivity contribution in [3.05, 3.63) is 54.4 Å². The third-order valence-corrected chi connectivity index (χ3v) is 6.42. The number of nitrogens with one attached hydrogen (secondary N) is 1. The van der Waals surface area contributed by atoms with E-state index in [2.05, 4.69) is 39.3 Å². The number of nitrogen functional groups attached to an aromatic ring is 1. The summed E-state index contributed by atoms with van der Waals surface area (Å²) in [6.07, 6.45) is 6.04. The lowest BCUT2D eigenvalue weighted by Crippen LogP contribution is -2.29. The summed E-state index contributed by atoms with van der Waals surface area (Å²) in [5.41, 5.74) is 12.3. The standard InChI is InChI=1S/C27H33N7O/c1-32(2)13-14-33(3)24-16-25(35-4)23(15-21(24)28)31-27-29-11-10-22(30-27)20-17-34-12-6-8-18-7-5-9-19(20)26(18)34/h5,7,9-11,15-17H,6,8,12-14,28H2,1-4H3,(H,29,30,31)/i1D3,2D3. The van der Waals surface area contributed by atoms with Crippen molar-refractivity contribution in [2.75, 3.05) is 57.1 Å². The fourth-order valence-electron chi connectivity index (χ4n) is 4.70. The van der Waals surface area contributed by atoms with Crippen molar-refractivity contribution in [2.24, 2.45) is 0 Å². The molecule has 8 heteroatoms. The van der Waals surface area contributed by atoms with E-state index in [1.807, 2.05) is 6.07 Å². The van der Waals surface area contributed by atoms with Crippen LogP contribution < -0.4 is 20.7 Å². The molecular formula is C27H33N7O. The first-order chi connectivity index (χ1) is 19.4. The van der Waals surface area contributed by atoms with Gasteiger partial charge in [-0.05, 0) is 44.5 Å². The SMILES string of the molecule is [2H]C([2H])([2H])N(CCN(C)c1cc(OC)c(Nc2nccc(-c3cn4c5c(cccc35)CCC4)n2)cc1N)C([2H])([2H])[2H]. The van der Waals surface area contributed by atoms with Crippen LogP contribution in [-0.2, 0) is 13.0 Å². The number of nitrogens with two attached hydrogens (primary N) is 1. The second-order valence-corrected chi connectivity index (χ2v) is 8.73. The minimum Gasteiger partial charge on any atom is -0.494 e. The van der Waals surface area contributed by atoms with Gasteiger partial charge in [0.1, 0.15) is 5.75 Å². The first-order valence-electron chi connectivity index (χ1n) is 14.5. The van der Waals surface area contributed by atoms with Gasteiger partial charge in [0.2, 0.25) is 5.95 Å². The van der Waals surface area contributed by atoms with Crippen LogP contribution in [0.4, 0.5) is 23.0 Å². The number of aryl methyl sites for hydroxylation is 2. The van der Waals surface area contributed by atoms with Crippen LogP contribution in [0, 0.1) is 0 Å². The summed E-state index contributed by atoms with van der Waals surface area (Å²) in [6, 6.07) is 11.7. The van der Waals surface area contributed by atoms with E-state index in [1.165, 1.54) is 18.2 Å². The molecule has 0 saturated heterocycles. The van der Waals surface area contributed by atoms with Gasteiger partial charge in [0.25, 0.3) is 0 Å². The summed E-state index contributed by atoms with van der Waals surface area (Å²) < 4.78 is 53.4. The van der Waals surface area contributed by atoms with Crippen molar-refractivity contribution in [3.8, 4) is 17.0 Å². The normalized spacial score (nSPS) is 16.1. The van der Waals surface area contributed by atoms with Gasteiger partial charge in [0.05, 0.1) is 35.4 Å². The molecule has 0 bridgehead atoms. The summed E-state index contributed by atoms with van der Waals surface area (Å²) in [6.45, 7) is -4.65. The second kappa shape index (κ2) is 9.46. The summed E-state index contributed by atoms with van der Waals surface area (Å²) in [5, 5.41) is 4.38. The maximum Gasteiger partial charge on any atom is 0.227 e. The van der Waals surface area contributed by atoms with Crippen LogP contribution in [-0.4, -0.2) is 60.6 Å². The first kappa shape index (κ1) is 16.8. The average molecular weight is 478 g/mol. The predicted octanol–water partition coefficient (Wildman–Crippen LogP) is 4.38. The largest absolute Gasteiger partial charge is 0.494 e. The Morgan fingerprint density at radius 1 is 1.23 bits per heavy atom. The number of hydrogen-bond acceptors (Lipinski definition) is 7. The maximum atomic E-state index is 7.58. The van der Waals surface area contributed by atoms with Crippen LogP contribution in [0.2, 0.25) is 0 Å². The highest BCUT2D eigenvalue weighted by Gasteiger charge is 2.18. The van der Waals surface area contributed by atoms with Gasteiger partial charge < -0.3 is 30.2 Å². The zero-order valence-electron chi connectivity index (χ0n) is 25.9. The summed E-state index contributed by atoms with van der Waals surface area (Å²) in [5.74, 6) is 0.838. The molecule has 0 saturated carbocycles. The number of benzene rings is 2.